The maximum atomic E-state index is 4.05. The smallest absolute Gasteiger partial charge is 0.0567 e. The number of thiol groups is 1. The first-order valence-corrected chi connectivity index (χ1v) is 3.95. The van der Waals surface area contributed by atoms with Crippen LogP contribution in [0.1, 0.15) is 13.8 Å². The summed E-state index contributed by atoms with van der Waals surface area (Å²) in [6.07, 6.45) is 0. The molecule has 0 aromatic carbocycles. The minimum atomic E-state index is 0. The van der Waals surface area contributed by atoms with Crippen molar-refractivity contribution >= 4 is 24.0 Å². The van der Waals surface area contributed by atoms with Crippen molar-refractivity contribution in [2.24, 2.45) is 0 Å². The van der Waals surface area contributed by atoms with E-state index in [0.717, 1.165) is 4.21 Å². The lowest BCUT2D eigenvalue weighted by Gasteiger charge is -1.64. The highest BCUT2D eigenvalue weighted by Crippen LogP contribution is 2.11. The second-order valence-electron chi connectivity index (χ2n) is 0.951. The topological polar surface area (TPSA) is 63.0 Å². The van der Waals surface area contributed by atoms with Crippen LogP contribution >= 0.6 is 24.0 Å². The molecule has 0 aliphatic rings. The summed E-state index contributed by atoms with van der Waals surface area (Å²) < 4.78 is 1.08. The summed E-state index contributed by atoms with van der Waals surface area (Å²) in [5.41, 5.74) is 0. The van der Waals surface area contributed by atoms with Crippen LogP contribution in [0.4, 0.5) is 0 Å². The minimum Gasteiger partial charge on any atom is -0.412 e. The van der Waals surface area contributed by atoms with Crippen LogP contribution in [0.2, 0.25) is 0 Å². The molecule has 0 aliphatic carbocycles. The van der Waals surface area contributed by atoms with Gasteiger partial charge in [0.05, 0.1) is 4.21 Å². The Morgan fingerprint density at radius 1 is 1.30 bits per heavy atom. The molecule has 0 spiro atoms. The van der Waals surface area contributed by atoms with Crippen LogP contribution in [0.3, 0.4) is 0 Å². The SMILES string of the molecule is CC.O.O.Sc1cccs1. The van der Waals surface area contributed by atoms with Gasteiger partial charge in [0.25, 0.3) is 0 Å². The van der Waals surface area contributed by atoms with Crippen molar-refractivity contribution < 1.29 is 11.0 Å². The molecular weight excluding hydrogens is 168 g/mol. The zero-order chi connectivity index (χ0) is 6.41. The molecule has 0 saturated carbocycles. The molecule has 0 saturated heterocycles. The van der Waals surface area contributed by atoms with Crippen LogP contribution in [0.25, 0.3) is 0 Å². The van der Waals surface area contributed by atoms with E-state index in [4.69, 9.17) is 0 Å². The number of hydrogen-bond donors (Lipinski definition) is 1. The van der Waals surface area contributed by atoms with Gasteiger partial charge in [-0.25, -0.2) is 0 Å². The van der Waals surface area contributed by atoms with Crippen molar-refractivity contribution in [3.05, 3.63) is 17.5 Å². The fourth-order valence-corrected chi connectivity index (χ4v) is 0.992. The molecule has 1 heterocycles. The van der Waals surface area contributed by atoms with E-state index in [1.807, 2.05) is 31.4 Å². The molecule has 4 N–H and O–H groups in total. The largest absolute Gasteiger partial charge is 0.412 e. The Balaban J connectivity index is -0.000000114. The average Bonchev–Trinajstić information content (AvgIpc) is 2.24. The predicted molar refractivity (Wildman–Crippen MR) is 50.1 cm³/mol. The molecule has 0 fully saturated rings. The van der Waals surface area contributed by atoms with Gasteiger partial charge >= 0.3 is 0 Å². The Labute approximate surface area is 70.9 Å². The monoisotopic (exact) mass is 182 g/mol. The Kier molecular flexibility index (Phi) is 19.4. The van der Waals surface area contributed by atoms with Crippen molar-refractivity contribution in [2.75, 3.05) is 0 Å². The fourth-order valence-electron chi connectivity index (χ4n) is 0.270. The van der Waals surface area contributed by atoms with Gasteiger partial charge in [-0.3, -0.25) is 0 Å². The number of thiophene rings is 1. The summed E-state index contributed by atoms with van der Waals surface area (Å²) in [4.78, 5) is 0. The van der Waals surface area contributed by atoms with E-state index in [-0.39, 0.29) is 11.0 Å². The second kappa shape index (κ2) is 11.7. The molecule has 0 radical (unpaired) electrons. The summed E-state index contributed by atoms with van der Waals surface area (Å²) in [7, 11) is 0. The first-order valence-electron chi connectivity index (χ1n) is 2.62. The van der Waals surface area contributed by atoms with Gasteiger partial charge in [-0.1, -0.05) is 19.9 Å². The zero-order valence-corrected chi connectivity index (χ0v) is 7.80. The highest BCUT2D eigenvalue weighted by Gasteiger charge is 1.75. The van der Waals surface area contributed by atoms with Crippen LogP contribution in [-0.4, -0.2) is 11.0 Å². The fraction of sp³-hybridized carbons (Fsp3) is 0.333. The second-order valence-corrected chi connectivity index (χ2v) is 2.68. The molecule has 1 aromatic rings. The van der Waals surface area contributed by atoms with E-state index in [0.29, 0.717) is 0 Å². The zero-order valence-electron chi connectivity index (χ0n) is 6.09. The third kappa shape index (κ3) is 7.97. The van der Waals surface area contributed by atoms with Gasteiger partial charge < -0.3 is 11.0 Å². The van der Waals surface area contributed by atoms with E-state index in [9.17, 15) is 0 Å². The molecule has 0 atom stereocenters. The van der Waals surface area contributed by atoms with Crippen molar-refractivity contribution in [3.8, 4) is 0 Å². The maximum absolute atomic E-state index is 4.05. The Morgan fingerprint density at radius 3 is 1.90 bits per heavy atom. The van der Waals surface area contributed by atoms with E-state index >= 15 is 0 Å². The van der Waals surface area contributed by atoms with Crippen molar-refractivity contribution in [1.29, 1.82) is 0 Å². The van der Waals surface area contributed by atoms with E-state index in [1.165, 1.54) is 0 Å². The summed E-state index contributed by atoms with van der Waals surface area (Å²) in [6.45, 7) is 4.00. The van der Waals surface area contributed by atoms with Gasteiger partial charge in [0.15, 0.2) is 0 Å². The summed E-state index contributed by atoms with van der Waals surface area (Å²) in [5.74, 6) is 0. The molecular formula is C6H14O2S2. The molecule has 0 amide bonds. The van der Waals surface area contributed by atoms with Gasteiger partial charge in [-0.05, 0) is 11.4 Å². The van der Waals surface area contributed by atoms with E-state index in [2.05, 4.69) is 12.6 Å². The van der Waals surface area contributed by atoms with Crippen LogP contribution in [-0.2, 0) is 0 Å². The Hall–Kier alpha value is -0.0300. The average molecular weight is 182 g/mol. The van der Waals surface area contributed by atoms with Crippen LogP contribution < -0.4 is 0 Å². The van der Waals surface area contributed by atoms with Gasteiger partial charge in [0, 0.05) is 0 Å². The maximum Gasteiger partial charge on any atom is 0.0567 e. The van der Waals surface area contributed by atoms with Crippen LogP contribution in [0.5, 0.6) is 0 Å². The standard InChI is InChI=1S/C4H4S2.C2H6.2H2O/c5-4-2-1-3-6-4;1-2;;/h1-3,5H;1-2H3;2*1H2. The summed E-state index contributed by atoms with van der Waals surface area (Å²) in [5, 5.41) is 2.00. The molecule has 4 heteroatoms. The normalized spacial score (nSPS) is 5.90. The molecule has 2 nitrogen and oxygen atoms in total. The van der Waals surface area contributed by atoms with Gasteiger partial charge in [-0.15, -0.1) is 24.0 Å². The van der Waals surface area contributed by atoms with Crippen LogP contribution in [0.15, 0.2) is 21.7 Å². The summed E-state index contributed by atoms with van der Waals surface area (Å²) >= 11 is 5.70. The van der Waals surface area contributed by atoms with Crippen molar-refractivity contribution in [2.45, 2.75) is 18.1 Å². The lowest BCUT2D eigenvalue weighted by Crippen LogP contribution is -1.32. The Bertz CT molecular complexity index is 117. The molecule has 62 valence electrons. The third-order valence-electron chi connectivity index (χ3n) is 0.506. The molecule has 10 heavy (non-hydrogen) atoms. The summed E-state index contributed by atoms with van der Waals surface area (Å²) in [6, 6.07) is 3.95. The Morgan fingerprint density at radius 2 is 1.80 bits per heavy atom. The predicted octanol–water partition coefficient (Wildman–Crippen LogP) is 1.41. The lowest BCUT2D eigenvalue weighted by atomic mass is 10.7. The molecule has 0 bridgehead atoms. The number of rotatable bonds is 0. The quantitative estimate of drug-likeness (QED) is 0.590. The molecule has 0 unspecified atom stereocenters. The molecule has 1 rings (SSSR count). The highest BCUT2D eigenvalue weighted by atomic mass is 32.2. The van der Waals surface area contributed by atoms with Crippen LogP contribution in [0, 0.1) is 0 Å². The third-order valence-corrected chi connectivity index (χ3v) is 1.64. The minimum absolute atomic E-state index is 0. The van der Waals surface area contributed by atoms with E-state index in [1.54, 1.807) is 11.3 Å². The van der Waals surface area contributed by atoms with Gasteiger partial charge in [0.1, 0.15) is 0 Å². The molecule has 1 aromatic heterocycles. The first-order chi connectivity index (χ1) is 3.89. The van der Waals surface area contributed by atoms with Gasteiger partial charge in [-0.2, -0.15) is 0 Å². The lowest BCUT2D eigenvalue weighted by molar-refractivity contribution is 0.823. The van der Waals surface area contributed by atoms with Crippen molar-refractivity contribution in [3.63, 3.8) is 0 Å². The van der Waals surface area contributed by atoms with Gasteiger partial charge in [0.2, 0.25) is 0 Å². The number of hydrogen-bond acceptors (Lipinski definition) is 2. The van der Waals surface area contributed by atoms with E-state index < -0.39 is 0 Å². The van der Waals surface area contributed by atoms with Crippen molar-refractivity contribution in [1.82, 2.24) is 0 Å². The first kappa shape index (κ1) is 16.5. The highest BCUT2D eigenvalue weighted by molar-refractivity contribution is 7.82. The molecule has 0 aliphatic heterocycles.